The summed E-state index contributed by atoms with van der Waals surface area (Å²) >= 11 is -1.41. The van der Waals surface area contributed by atoms with Gasteiger partial charge in [-0.3, -0.25) is 13.8 Å². The molecule has 5 heteroatoms. The summed E-state index contributed by atoms with van der Waals surface area (Å²) in [7, 11) is 0. The van der Waals surface area contributed by atoms with Crippen molar-refractivity contribution in [3.63, 3.8) is 0 Å². The third-order valence-electron chi connectivity index (χ3n) is 1.73. The van der Waals surface area contributed by atoms with E-state index in [-0.39, 0.29) is 12.5 Å². The quantitative estimate of drug-likeness (QED) is 0.697. The zero-order chi connectivity index (χ0) is 9.26. The first-order chi connectivity index (χ1) is 6.27. The molecular weight excluding hydrogens is 188 g/mol. The number of benzene rings is 1. The highest BCUT2D eigenvalue weighted by atomic mass is 32.2. The molecule has 0 bridgehead atoms. The highest BCUT2D eigenvalue weighted by Crippen LogP contribution is 2.16. The Kier molecular flexibility index (Phi) is 2.02. The lowest BCUT2D eigenvalue weighted by molar-refractivity contribution is -0.117. The van der Waals surface area contributed by atoms with Crippen molar-refractivity contribution in [1.29, 1.82) is 0 Å². The monoisotopic (exact) mass is 196 g/mol. The summed E-state index contributed by atoms with van der Waals surface area (Å²) in [6.45, 7) is 0.163. The Balaban J connectivity index is 2.28. The first-order valence-corrected chi connectivity index (χ1v) is 4.92. The van der Waals surface area contributed by atoms with Crippen molar-refractivity contribution in [2.75, 3.05) is 10.8 Å². The number of amides is 1. The van der Waals surface area contributed by atoms with E-state index in [0.717, 1.165) is 5.69 Å². The molecule has 0 aromatic heterocycles. The lowest BCUT2D eigenvalue weighted by atomic mass is 10.3. The first-order valence-electron chi connectivity index (χ1n) is 3.81. The molecule has 68 valence electrons. The lowest BCUT2D eigenvalue weighted by Crippen LogP contribution is -2.22. The Morgan fingerprint density at radius 3 is 2.54 bits per heavy atom. The Labute approximate surface area is 78.3 Å². The summed E-state index contributed by atoms with van der Waals surface area (Å²) in [5.41, 5.74) is 0.791. The Morgan fingerprint density at radius 2 is 2.00 bits per heavy atom. The number of nitrogens with one attached hydrogen (secondary N) is 1. The molecule has 1 fully saturated rings. The molecule has 1 aromatic carbocycles. The highest BCUT2D eigenvalue weighted by molar-refractivity contribution is 7.85. The van der Waals surface area contributed by atoms with Crippen LogP contribution in [0.1, 0.15) is 0 Å². The average molecular weight is 196 g/mol. The van der Waals surface area contributed by atoms with E-state index >= 15 is 0 Å². The zero-order valence-corrected chi connectivity index (χ0v) is 7.58. The largest absolute Gasteiger partial charge is 0.272 e. The van der Waals surface area contributed by atoms with E-state index in [2.05, 4.69) is 4.72 Å². The SMILES string of the molecule is O=C1CN(c2ccccc2)S(=O)N1. The Bertz CT molecular complexity index is 352. The molecule has 1 aromatic rings. The summed E-state index contributed by atoms with van der Waals surface area (Å²) < 4.78 is 15.1. The van der Waals surface area contributed by atoms with Crippen LogP contribution in [0, 0.1) is 0 Å². The Morgan fingerprint density at radius 1 is 1.31 bits per heavy atom. The zero-order valence-electron chi connectivity index (χ0n) is 6.77. The third-order valence-corrected chi connectivity index (χ3v) is 2.88. The summed E-state index contributed by atoms with van der Waals surface area (Å²) in [4.78, 5) is 10.9. The molecule has 0 spiro atoms. The first kappa shape index (κ1) is 8.25. The standard InChI is InChI=1S/C8H8N2O2S/c11-8-6-10(13(12)9-8)7-4-2-1-3-5-7/h1-5H,6H2,(H,9,11). The van der Waals surface area contributed by atoms with Crippen molar-refractivity contribution in [3.05, 3.63) is 30.3 Å². The lowest BCUT2D eigenvalue weighted by Gasteiger charge is -2.12. The average Bonchev–Trinajstić information content (AvgIpc) is 2.47. The molecule has 4 nitrogen and oxygen atoms in total. The second-order valence-corrected chi connectivity index (χ2v) is 3.79. The van der Waals surface area contributed by atoms with E-state index in [1.165, 1.54) is 4.31 Å². The predicted molar refractivity (Wildman–Crippen MR) is 50.1 cm³/mol. The molecule has 0 saturated carbocycles. The fourth-order valence-electron chi connectivity index (χ4n) is 1.16. The van der Waals surface area contributed by atoms with Gasteiger partial charge in [0.1, 0.15) is 6.54 Å². The number of anilines is 1. The maximum Gasteiger partial charge on any atom is 0.253 e. The van der Waals surface area contributed by atoms with Crippen molar-refractivity contribution >= 4 is 22.8 Å². The molecule has 1 heterocycles. The molecular formula is C8H8N2O2S. The molecule has 1 aliphatic heterocycles. The van der Waals surface area contributed by atoms with Gasteiger partial charge < -0.3 is 0 Å². The Hall–Kier alpha value is -1.36. The van der Waals surface area contributed by atoms with Crippen molar-refractivity contribution in [3.8, 4) is 0 Å². The number of para-hydroxylation sites is 1. The van der Waals surface area contributed by atoms with Crippen LogP contribution in [-0.4, -0.2) is 16.7 Å². The molecule has 1 amide bonds. The van der Waals surface area contributed by atoms with Crippen molar-refractivity contribution in [1.82, 2.24) is 4.72 Å². The molecule has 0 aliphatic carbocycles. The fraction of sp³-hybridized carbons (Fsp3) is 0.125. The smallest absolute Gasteiger partial charge is 0.253 e. The van der Waals surface area contributed by atoms with Gasteiger partial charge in [-0.15, -0.1) is 0 Å². The van der Waals surface area contributed by atoms with Crippen LogP contribution in [-0.2, 0) is 16.0 Å². The molecule has 1 saturated heterocycles. The number of hydrogen-bond acceptors (Lipinski definition) is 2. The van der Waals surface area contributed by atoms with Gasteiger partial charge in [0, 0.05) is 0 Å². The summed E-state index contributed by atoms with van der Waals surface area (Å²) in [6, 6.07) is 9.19. The predicted octanol–water partition coefficient (Wildman–Crippen LogP) is 0.201. The van der Waals surface area contributed by atoms with Gasteiger partial charge in [-0.25, -0.2) is 4.21 Å². The van der Waals surface area contributed by atoms with Crippen LogP contribution in [0.3, 0.4) is 0 Å². The maximum absolute atomic E-state index is 11.3. The van der Waals surface area contributed by atoms with E-state index in [4.69, 9.17) is 0 Å². The van der Waals surface area contributed by atoms with Crippen molar-refractivity contribution in [2.45, 2.75) is 0 Å². The minimum Gasteiger partial charge on any atom is -0.272 e. The van der Waals surface area contributed by atoms with Gasteiger partial charge >= 0.3 is 0 Å². The van der Waals surface area contributed by atoms with Crippen LogP contribution >= 0.6 is 0 Å². The van der Waals surface area contributed by atoms with E-state index in [1.54, 1.807) is 0 Å². The fourth-order valence-corrected chi connectivity index (χ4v) is 2.07. The van der Waals surface area contributed by atoms with E-state index in [9.17, 15) is 9.00 Å². The number of nitrogens with zero attached hydrogens (tertiary/aromatic N) is 1. The molecule has 1 atom stereocenters. The number of carbonyl (C=O) groups excluding carboxylic acids is 1. The molecule has 0 radical (unpaired) electrons. The second-order valence-electron chi connectivity index (χ2n) is 2.65. The minimum absolute atomic E-state index is 0.163. The van der Waals surface area contributed by atoms with Gasteiger partial charge in [0.15, 0.2) is 0 Å². The van der Waals surface area contributed by atoms with Crippen LogP contribution in [0.2, 0.25) is 0 Å². The molecule has 1 aliphatic rings. The molecule has 2 rings (SSSR count). The van der Waals surface area contributed by atoms with Crippen LogP contribution < -0.4 is 9.03 Å². The number of rotatable bonds is 1. The second kappa shape index (κ2) is 3.18. The number of hydrogen-bond donors (Lipinski definition) is 1. The summed E-state index contributed by atoms with van der Waals surface area (Å²) in [5.74, 6) is -0.206. The summed E-state index contributed by atoms with van der Waals surface area (Å²) in [5, 5.41) is 0. The molecule has 1 N–H and O–H groups in total. The van der Waals surface area contributed by atoms with Crippen molar-refractivity contribution < 1.29 is 9.00 Å². The van der Waals surface area contributed by atoms with Gasteiger partial charge in [-0.1, -0.05) is 18.2 Å². The normalized spacial score (nSPS) is 21.7. The van der Waals surface area contributed by atoms with E-state index in [1.807, 2.05) is 30.3 Å². The van der Waals surface area contributed by atoms with Gasteiger partial charge in [0.05, 0.1) is 5.69 Å². The minimum atomic E-state index is -1.41. The topological polar surface area (TPSA) is 49.4 Å². The van der Waals surface area contributed by atoms with Crippen LogP contribution in [0.4, 0.5) is 5.69 Å². The maximum atomic E-state index is 11.3. The van der Waals surface area contributed by atoms with Crippen LogP contribution in [0.15, 0.2) is 30.3 Å². The van der Waals surface area contributed by atoms with Gasteiger partial charge in [0.2, 0.25) is 11.2 Å². The van der Waals surface area contributed by atoms with E-state index < -0.39 is 11.2 Å². The van der Waals surface area contributed by atoms with Crippen molar-refractivity contribution in [2.24, 2.45) is 0 Å². The van der Waals surface area contributed by atoms with Crippen LogP contribution in [0.25, 0.3) is 0 Å². The van der Waals surface area contributed by atoms with Gasteiger partial charge in [-0.2, -0.15) is 0 Å². The van der Waals surface area contributed by atoms with Crippen LogP contribution in [0.5, 0.6) is 0 Å². The van der Waals surface area contributed by atoms with E-state index in [0.29, 0.717) is 0 Å². The third kappa shape index (κ3) is 1.55. The summed E-state index contributed by atoms with van der Waals surface area (Å²) in [6.07, 6.45) is 0. The number of carbonyl (C=O) groups is 1. The highest BCUT2D eigenvalue weighted by Gasteiger charge is 2.26. The van der Waals surface area contributed by atoms with Gasteiger partial charge in [0.25, 0.3) is 5.91 Å². The van der Waals surface area contributed by atoms with Gasteiger partial charge in [-0.05, 0) is 12.1 Å². The molecule has 13 heavy (non-hydrogen) atoms. The molecule has 1 unspecified atom stereocenters.